The lowest BCUT2D eigenvalue weighted by atomic mass is 10.1. The van der Waals surface area contributed by atoms with Crippen molar-refractivity contribution in [1.29, 1.82) is 0 Å². The number of carbonyl (C=O) groups excluding carboxylic acids is 1. The fourth-order valence-electron chi connectivity index (χ4n) is 1.91. The predicted molar refractivity (Wildman–Crippen MR) is 72.7 cm³/mol. The maximum atomic E-state index is 11.7. The van der Waals surface area contributed by atoms with Crippen molar-refractivity contribution in [2.45, 2.75) is 31.8 Å². The fourth-order valence-corrected chi connectivity index (χ4v) is 1.91. The lowest BCUT2D eigenvalue weighted by Crippen LogP contribution is -2.38. The third-order valence-corrected chi connectivity index (χ3v) is 3.16. The molecule has 0 aliphatic heterocycles. The van der Waals surface area contributed by atoms with E-state index in [-0.39, 0.29) is 12.1 Å². The third-order valence-electron chi connectivity index (χ3n) is 3.16. The molecule has 1 aliphatic carbocycles. The van der Waals surface area contributed by atoms with Crippen LogP contribution in [-0.4, -0.2) is 26.3 Å². The summed E-state index contributed by atoms with van der Waals surface area (Å²) in [5, 5.41) is 5.81. The van der Waals surface area contributed by atoms with E-state index < -0.39 is 0 Å². The van der Waals surface area contributed by atoms with Gasteiger partial charge in [-0.15, -0.1) is 0 Å². The van der Waals surface area contributed by atoms with Crippen LogP contribution in [0.3, 0.4) is 0 Å². The van der Waals surface area contributed by atoms with Gasteiger partial charge >= 0.3 is 6.03 Å². The largest absolute Gasteiger partial charge is 0.497 e. The lowest BCUT2D eigenvalue weighted by Gasteiger charge is -2.18. The molecule has 5 heteroatoms. The first-order valence-corrected chi connectivity index (χ1v) is 6.43. The quantitative estimate of drug-likeness (QED) is 0.857. The highest BCUT2D eigenvalue weighted by Crippen LogP contribution is 2.29. The first-order valence-electron chi connectivity index (χ1n) is 6.43. The van der Waals surface area contributed by atoms with Gasteiger partial charge in [-0.1, -0.05) is 0 Å². The Balaban J connectivity index is 2.07. The minimum absolute atomic E-state index is 0.139. The third kappa shape index (κ3) is 3.53. The average molecular weight is 264 g/mol. The summed E-state index contributed by atoms with van der Waals surface area (Å²) in [4.78, 5) is 11.7. The maximum absolute atomic E-state index is 11.7. The molecule has 0 aromatic heterocycles. The van der Waals surface area contributed by atoms with Crippen LogP contribution in [0.4, 0.5) is 4.79 Å². The van der Waals surface area contributed by atoms with Crippen LogP contribution in [0.2, 0.25) is 0 Å². The van der Waals surface area contributed by atoms with Crippen molar-refractivity contribution in [2.75, 3.05) is 14.2 Å². The van der Waals surface area contributed by atoms with E-state index >= 15 is 0 Å². The number of urea groups is 1. The Hall–Kier alpha value is -1.91. The molecule has 1 fully saturated rings. The Morgan fingerprint density at radius 3 is 2.63 bits per heavy atom. The smallest absolute Gasteiger partial charge is 0.315 e. The van der Waals surface area contributed by atoms with E-state index in [1.54, 1.807) is 14.2 Å². The van der Waals surface area contributed by atoms with E-state index in [9.17, 15) is 4.79 Å². The SMILES string of the molecule is COc1ccc(OC)c([C@@H](C)NC(=O)NC2CC2)c1. The van der Waals surface area contributed by atoms with Crippen LogP contribution in [0.25, 0.3) is 0 Å². The summed E-state index contributed by atoms with van der Waals surface area (Å²) in [5.74, 6) is 1.48. The number of hydrogen-bond donors (Lipinski definition) is 2. The second kappa shape index (κ2) is 5.82. The summed E-state index contributed by atoms with van der Waals surface area (Å²) >= 11 is 0. The van der Waals surface area contributed by atoms with E-state index in [4.69, 9.17) is 9.47 Å². The van der Waals surface area contributed by atoms with Gasteiger partial charge in [-0.3, -0.25) is 0 Å². The number of nitrogens with one attached hydrogen (secondary N) is 2. The van der Waals surface area contributed by atoms with Gasteiger partial charge < -0.3 is 20.1 Å². The first-order chi connectivity index (χ1) is 9.13. The minimum Gasteiger partial charge on any atom is -0.497 e. The Morgan fingerprint density at radius 1 is 1.32 bits per heavy atom. The molecular formula is C14H20N2O3. The van der Waals surface area contributed by atoms with Crippen molar-refractivity contribution in [2.24, 2.45) is 0 Å². The van der Waals surface area contributed by atoms with Gasteiger partial charge in [0.2, 0.25) is 0 Å². The van der Waals surface area contributed by atoms with Gasteiger partial charge in [0, 0.05) is 11.6 Å². The Kier molecular flexibility index (Phi) is 4.14. The number of amides is 2. The second-order valence-electron chi connectivity index (χ2n) is 4.72. The van der Waals surface area contributed by atoms with E-state index in [2.05, 4.69) is 10.6 Å². The molecule has 104 valence electrons. The minimum atomic E-state index is -0.149. The van der Waals surface area contributed by atoms with E-state index in [1.165, 1.54) is 0 Å². The number of ether oxygens (including phenoxy) is 2. The Labute approximate surface area is 113 Å². The van der Waals surface area contributed by atoms with E-state index in [1.807, 2.05) is 25.1 Å². The van der Waals surface area contributed by atoms with Crippen LogP contribution in [0, 0.1) is 0 Å². The molecule has 0 radical (unpaired) electrons. The van der Waals surface area contributed by atoms with Crippen molar-refractivity contribution in [1.82, 2.24) is 10.6 Å². The Bertz CT molecular complexity index is 458. The highest BCUT2D eigenvalue weighted by molar-refractivity contribution is 5.75. The summed E-state index contributed by atoms with van der Waals surface area (Å²) in [7, 11) is 3.23. The molecule has 0 unspecified atom stereocenters. The molecule has 2 amide bonds. The molecule has 1 aromatic carbocycles. The molecule has 0 spiro atoms. The molecule has 0 heterocycles. The molecule has 1 atom stereocenters. The summed E-state index contributed by atoms with van der Waals surface area (Å²) in [6, 6.07) is 5.61. The van der Waals surface area contributed by atoms with Crippen LogP contribution in [0.5, 0.6) is 11.5 Å². The number of methoxy groups -OCH3 is 2. The highest BCUT2D eigenvalue weighted by Gasteiger charge is 2.24. The van der Waals surface area contributed by atoms with E-state index in [0.29, 0.717) is 6.04 Å². The van der Waals surface area contributed by atoms with Crippen molar-refractivity contribution in [3.63, 3.8) is 0 Å². The molecule has 1 aromatic rings. The van der Waals surface area contributed by atoms with Crippen LogP contribution < -0.4 is 20.1 Å². The molecule has 19 heavy (non-hydrogen) atoms. The van der Waals surface area contributed by atoms with Gasteiger partial charge in [0.1, 0.15) is 11.5 Å². The molecule has 2 rings (SSSR count). The van der Waals surface area contributed by atoms with Crippen molar-refractivity contribution in [3.05, 3.63) is 23.8 Å². The number of hydrogen-bond acceptors (Lipinski definition) is 3. The second-order valence-corrected chi connectivity index (χ2v) is 4.72. The lowest BCUT2D eigenvalue weighted by molar-refractivity contribution is 0.237. The molecule has 0 saturated heterocycles. The Morgan fingerprint density at radius 2 is 2.05 bits per heavy atom. The van der Waals surface area contributed by atoms with Gasteiger partial charge in [0.15, 0.2) is 0 Å². The first kappa shape index (κ1) is 13.5. The van der Waals surface area contributed by atoms with Crippen molar-refractivity contribution in [3.8, 4) is 11.5 Å². The molecule has 0 bridgehead atoms. The zero-order valence-electron chi connectivity index (χ0n) is 11.5. The summed E-state index contributed by atoms with van der Waals surface area (Å²) in [6.45, 7) is 1.92. The van der Waals surface area contributed by atoms with Crippen LogP contribution in [-0.2, 0) is 0 Å². The highest BCUT2D eigenvalue weighted by atomic mass is 16.5. The molecule has 5 nitrogen and oxygen atoms in total. The van der Waals surface area contributed by atoms with Gasteiger partial charge in [-0.05, 0) is 38.0 Å². The topological polar surface area (TPSA) is 59.6 Å². The van der Waals surface area contributed by atoms with Gasteiger partial charge in [-0.25, -0.2) is 4.79 Å². The zero-order chi connectivity index (χ0) is 13.8. The van der Waals surface area contributed by atoms with Crippen LogP contribution in [0.1, 0.15) is 31.4 Å². The van der Waals surface area contributed by atoms with Crippen LogP contribution in [0.15, 0.2) is 18.2 Å². The number of benzene rings is 1. The predicted octanol–water partition coefficient (Wildman–Crippen LogP) is 2.23. The van der Waals surface area contributed by atoms with Crippen molar-refractivity contribution < 1.29 is 14.3 Å². The normalized spacial score (nSPS) is 15.5. The van der Waals surface area contributed by atoms with Gasteiger partial charge in [-0.2, -0.15) is 0 Å². The van der Waals surface area contributed by atoms with Gasteiger partial charge in [0.25, 0.3) is 0 Å². The monoisotopic (exact) mass is 264 g/mol. The molecule has 2 N–H and O–H groups in total. The van der Waals surface area contributed by atoms with Crippen molar-refractivity contribution >= 4 is 6.03 Å². The fraction of sp³-hybridized carbons (Fsp3) is 0.500. The zero-order valence-corrected chi connectivity index (χ0v) is 11.5. The number of carbonyl (C=O) groups is 1. The summed E-state index contributed by atoms with van der Waals surface area (Å²) in [6.07, 6.45) is 2.15. The van der Waals surface area contributed by atoms with Crippen LogP contribution >= 0.6 is 0 Å². The summed E-state index contributed by atoms with van der Waals surface area (Å²) in [5.41, 5.74) is 0.896. The summed E-state index contributed by atoms with van der Waals surface area (Å²) < 4.78 is 10.5. The molecular weight excluding hydrogens is 244 g/mol. The van der Waals surface area contributed by atoms with Gasteiger partial charge in [0.05, 0.1) is 20.3 Å². The average Bonchev–Trinajstić information content (AvgIpc) is 3.21. The number of rotatable bonds is 5. The maximum Gasteiger partial charge on any atom is 0.315 e. The molecule has 1 saturated carbocycles. The standard InChI is InChI=1S/C14H20N2O3/c1-9(15-14(17)16-10-4-5-10)12-8-11(18-2)6-7-13(12)19-3/h6-10H,4-5H2,1-3H3,(H2,15,16,17)/t9-/m1/s1. The van der Waals surface area contributed by atoms with E-state index in [0.717, 1.165) is 29.9 Å². The molecule has 1 aliphatic rings.